The van der Waals surface area contributed by atoms with Crippen molar-refractivity contribution in [3.8, 4) is 0 Å². The molecule has 3 aromatic rings. The highest BCUT2D eigenvalue weighted by molar-refractivity contribution is 9.10. The lowest BCUT2D eigenvalue weighted by Gasteiger charge is -2.31. The molecule has 0 radical (unpaired) electrons. The average Bonchev–Trinajstić information content (AvgIpc) is 2.81. The van der Waals surface area contributed by atoms with Crippen LogP contribution in [0.3, 0.4) is 0 Å². The van der Waals surface area contributed by atoms with Crippen molar-refractivity contribution >= 4 is 27.7 Å². The Hall–Kier alpha value is -2.92. The van der Waals surface area contributed by atoms with E-state index in [1.807, 2.05) is 91.9 Å². The molecule has 166 valence electrons. The molecule has 0 saturated carbocycles. The van der Waals surface area contributed by atoms with Crippen molar-refractivity contribution in [3.63, 3.8) is 0 Å². The van der Waals surface area contributed by atoms with Crippen LogP contribution < -0.4 is 5.32 Å². The molecule has 0 aliphatic heterocycles. The molecule has 0 saturated heterocycles. The van der Waals surface area contributed by atoms with Gasteiger partial charge in [0.15, 0.2) is 0 Å². The van der Waals surface area contributed by atoms with Crippen molar-refractivity contribution in [1.29, 1.82) is 0 Å². The van der Waals surface area contributed by atoms with Gasteiger partial charge in [0.05, 0.1) is 6.42 Å². The summed E-state index contributed by atoms with van der Waals surface area (Å²) < 4.78 is 0.945. The highest BCUT2D eigenvalue weighted by Gasteiger charge is 2.30. The summed E-state index contributed by atoms with van der Waals surface area (Å²) in [7, 11) is 0. The summed E-state index contributed by atoms with van der Waals surface area (Å²) in [5, 5.41) is 3.01. The second-order valence-corrected chi connectivity index (χ2v) is 8.73. The van der Waals surface area contributed by atoms with Crippen molar-refractivity contribution in [2.45, 2.75) is 38.8 Å². The van der Waals surface area contributed by atoms with Crippen LogP contribution in [0.2, 0.25) is 0 Å². The fourth-order valence-electron chi connectivity index (χ4n) is 3.62. The van der Waals surface area contributed by atoms with Crippen LogP contribution in [-0.2, 0) is 29.0 Å². The number of hydrogen-bond donors (Lipinski definition) is 1. The maximum absolute atomic E-state index is 13.5. The third-order valence-corrected chi connectivity index (χ3v) is 5.75. The first kappa shape index (κ1) is 23.7. The zero-order valence-electron chi connectivity index (χ0n) is 18.3. The number of amides is 2. The molecule has 4 nitrogen and oxygen atoms in total. The van der Waals surface area contributed by atoms with E-state index in [-0.39, 0.29) is 18.2 Å². The van der Waals surface area contributed by atoms with Crippen LogP contribution in [0.1, 0.15) is 30.0 Å². The van der Waals surface area contributed by atoms with E-state index in [2.05, 4.69) is 21.2 Å². The third-order valence-electron chi connectivity index (χ3n) is 5.26. The van der Waals surface area contributed by atoms with Crippen molar-refractivity contribution < 1.29 is 9.59 Å². The fraction of sp³-hybridized carbons (Fsp3) is 0.259. The minimum atomic E-state index is -0.598. The van der Waals surface area contributed by atoms with E-state index in [0.717, 1.165) is 27.6 Å². The monoisotopic (exact) mass is 492 g/mol. The Morgan fingerprint density at radius 2 is 1.50 bits per heavy atom. The summed E-state index contributed by atoms with van der Waals surface area (Å²) in [6.45, 7) is 2.97. The van der Waals surface area contributed by atoms with Crippen LogP contribution >= 0.6 is 15.9 Å². The zero-order valence-corrected chi connectivity index (χ0v) is 19.9. The SMILES string of the molecule is CCCNC(=O)[C@@H](Cc1ccccc1)N(Cc1cccc(Br)c1)C(=O)Cc1ccccc1. The molecule has 0 aromatic heterocycles. The minimum Gasteiger partial charge on any atom is -0.354 e. The average molecular weight is 493 g/mol. The third kappa shape index (κ3) is 7.06. The van der Waals surface area contributed by atoms with Gasteiger partial charge in [0, 0.05) is 24.0 Å². The van der Waals surface area contributed by atoms with Crippen molar-refractivity contribution in [2.24, 2.45) is 0 Å². The Kier molecular flexibility index (Phi) is 9.05. The lowest BCUT2D eigenvalue weighted by atomic mass is 10.0. The predicted molar refractivity (Wildman–Crippen MR) is 132 cm³/mol. The Morgan fingerprint density at radius 3 is 2.12 bits per heavy atom. The molecule has 0 bridgehead atoms. The smallest absolute Gasteiger partial charge is 0.243 e. The number of nitrogens with one attached hydrogen (secondary N) is 1. The van der Waals surface area contributed by atoms with E-state index in [1.165, 1.54) is 0 Å². The molecule has 0 aliphatic rings. The molecule has 3 rings (SSSR count). The maximum Gasteiger partial charge on any atom is 0.243 e. The van der Waals surface area contributed by atoms with E-state index in [1.54, 1.807) is 4.90 Å². The molecule has 0 aliphatic carbocycles. The maximum atomic E-state index is 13.5. The van der Waals surface area contributed by atoms with Gasteiger partial charge in [0.2, 0.25) is 11.8 Å². The lowest BCUT2D eigenvalue weighted by molar-refractivity contribution is -0.140. The topological polar surface area (TPSA) is 49.4 Å². The van der Waals surface area contributed by atoms with Crippen molar-refractivity contribution in [1.82, 2.24) is 10.2 Å². The second kappa shape index (κ2) is 12.2. The van der Waals surface area contributed by atoms with Crippen LogP contribution in [0.5, 0.6) is 0 Å². The number of rotatable bonds is 10. The van der Waals surface area contributed by atoms with Gasteiger partial charge in [0.1, 0.15) is 6.04 Å². The Balaban J connectivity index is 1.94. The first-order valence-corrected chi connectivity index (χ1v) is 11.8. The Bertz CT molecular complexity index is 1010. The standard InChI is InChI=1S/C27H29BrN2O2/c1-2-16-29-27(32)25(18-21-10-5-3-6-11-21)30(20-23-14-9-15-24(28)17-23)26(31)19-22-12-7-4-8-13-22/h3-15,17,25H,2,16,18-20H2,1H3,(H,29,32)/t25-/m1/s1. The molecular weight excluding hydrogens is 464 g/mol. The Morgan fingerprint density at radius 1 is 0.875 bits per heavy atom. The van der Waals surface area contributed by atoms with Gasteiger partial charge < -0.3 is 10.2 Å². The molecule has 32 heavy (non-hydrogen) atoms. The molecule has 0 spiro atoms. The molecule has 2 amide bonds. The number of halogens is 1. The first-order chi connectivity index (χ1) is 15.6. The van der Waals surface area contributed by atoms with E-state index in [0.29, 0.717) is 19.5 Å². The highest BCUT2D eigenvalue weighted by Crippen LogP contribution is 2.19. The van der Waals surface area contributed by atoms with Gasteiger partial charge in [-0.2, -0.15) is 0 Å². The van der Waals surface area contributed by atoms with Gasteiger partial charge in [-0.3, -0.25) is 9.59 Å². The van der Waals surface area contributed by atoms with E-state index in [4.69, 9.17) is 0 Å². The fourth-order valence-corrected chi connectivity index (χ4v) is 4.07. The number of carbonyl (C=O) groups is 2. The van der Waals surface area contributed by atoms with E-state index in [9.17, 15) is 9.59 Å². The van der Waals surface area contributed by atoms with Crippen LogP contribution in [-0.4, -0.2) is 29.3 Å². The quantitative estimate of drug-likeness (QED) is 0.424. The van der Waals surface area contributed by atoms with Crippen molar-refractivity contribution in [3.05, 3.63) is 106 Å². The van der Waals surface area contributed by atoms with Crippen LogP contribution in [0.25, 0.3) is 0 Å². The summed E-state index contributed by atoms with van der Waals surface area (Å²) in [5.74, 6) is -0.184. The van der Waals surface area contributed by atoms with Crippen LogP contribution in [0, 0.1) is 0 Å². The van der Waals surface area contributed by atoms with E-state index < -0.39 is 6.04 Å². The molecule has 5 heteroatoms. The highest BCUT2D eigenvalue weighted by atomic mass is 79.9. The molecule has 0 fully saturated rings. The summed E-state index contributed by atoms with van der Waals surface area (Å²) in [6, 6.07) is 26.8. The van der Waals surface area contributed by atoms with Crippen LogP contribution in [0.15, 0.2) is 89.4 Å². The molecular formula is C27H29BrN2O2. The van der Waals surface area contributed by atoms with Gasteiger partial charge in [-0.15, -0.1) is 0 Å². The predicted octanol–water partition coefficient (Wildman–Crippen LogP) is 5.16. The first-order valence-electron chi connectivity index (χ1n) is 11.0. The molecule has 0 unspecified atom stereocenters. The van der Waals surface area contributed by atoms with Gasteiger partial charge in [-0.25, -0.2) is 0 Å². The number of nitrogens with zero attached hydrogens (tertiary/aromatic N) is 1. The molecule has 3 aromatic carbocycles. The largest absolute Gasteiger partial charge is 0.354 e. The van der Waals surface area contributed by atoms with E-state index >= 15 is 0 Å². The minimum absolute atomic E-state index is 0.0660. The van der Waals surface area contributed by atoms with Gasteiger partial charge in [-0.05, 0) is 35.2 Å². The van der Waals surface area contributed by atoms with Crippen LogP contribution in [0.4, 0.5) is 0 Å². The normalized spacial score (nSPS) is 11.6. The molecule has 1 atom stereocenters. The van der Waals surface area contributed by atoms with Gasteiger partial charge in [-0.1, -0.05) is 95.7 Å². The number of hydrogen-bond acceptors (Lipinski definition) is 2. The van der Waals surface area contributed by atoms with Gasteiger partial charge in [0.25, 0.3) is 0 Å². The molecule has 0 heterocycles. The summed E-state index contributed by atoms with van der Waals surface area (Å²) in [4.78, 5) is 28.5. The molecule has 1 N–H and O–H groups in total. The van der Waals surface area contributed by atoms with Gasteiger partial charge >= 0.3 is 0 Å². The lowest BCUT2D eigenvalue weighted by Crippen LogP contribution is -2.51. The summed E-state index contributed by atoms with van der Waals surface area (Å²) in [5.41, 5.74) is 2.93. The zero-order chi connectivity index (χ0) is 22.8. The number of benzene rings is 3. The Labute approximate surface area is 198 Å². The number of carbonyl (C=O) groups excluding carboxylic acids is 2. The summed E-state index contributed by atoms with van der Waals surface area (Å²) >= 11 is 3.51. The second-order valence-electron chi connectivity index (χ2n) is 7.81. The van der Waals surface area contributed by atoms with Crippen molar-refractivity contribution in [2.75, 3.05) is 6.54 Å². The summed E-state index contributed by atoms with van der Waals surface area (Å²) in [6.07, 6.45) is 1.56.